The van der Waals surface area contributed by atoms with E-state index in [1.807, 2.05) is 21.8 Å². The molecule has 4 aromatic rings. The summed E-state index contributed by atoms with van der Waals surface area (Å²) in [7, 11) is 0. The van der Waals surface area contributed by atoms with Crippen LogP contribution >= 0.6 is 11.5 Å². The van der Waals surface area contributed by atoms with Gasteiger partial charge in [-0.25, -0.2) is 9.67 Å². The van der Waals surface area contributed by atoms with Crippen LogP contribution in [0.5, 0.6) is 0 Å². The zero-order chi connectivity index (χ0) is 21.7. The van der Waals surface area contributed by atoms with Gasteiger partial charge in [0.25, 0.3) is 5.91 Å². The first-order chi connectivity index (χ1) is 15.7. The lowest BCUT2D eigenvalue weighted by Crippen LogP contribution is -2.49. The standard InChI is InChI=1S/C24H26N6OS/c1-2-9-30-22-19(15-25-30)18(14-20(26-22)16-7-8-16)24(31)29-12-10-28(11-13-29)23-17-5-3-4-6-21(17)32-27-23/h3-6,14-16H,2,7-13H2,1H3. The van der Waals surface area contributed by atoms with Gasteiger partial charge in [-0.15, -0.1) is 0 Å². The number of hydrogen-bond donors (Lipinski definition) is 0. The molecule has 32 heavy (non-hydrogen) atoms. The summed E-state index contributed by atoms with van der Waals surface area (Å²) >= 11 is 1.54. The Morgan fingerprint density at radius 1 is 1.12 bits per heavy atom. The summed E-state index contributed by atoms with van der Waals surface area (Å²) in [5.41, 5.74) is 2.66. The highest BCUT2D eigenvalue weighted by Gasteiger charge is 2.30. The summed E-state index contributed by atoms with van der Waals surface area (Å²) < 4.78 is 7.84. The minimum Gasteiger partial charge on any atom is -0.352 e. The van der Waals surface area contributed by atoms with Crippen LogP contribution in [0.1, 0.15) is 48.2 Å². The minimum absolute atomic E-state index is 0.0955. The number of fused-ring (bicyclic) bond motifs is 2. The van der Waals surface area contributed by atoms with Crippen molar-refractivity contribution in [3.8, 4) is 0 Å². The highest BCUT2D eigenvalue weighted by molar-refractivity contribution is 7.13. The SMILES string of the molecule is CCCn1ncc2c(C(=O)N3CCN(c4nsc5ccccc45)CC3)cc(C3CC3)nc21. The van der Waals surface area contributed by atoms with Crippen LogP contribution in [0.4, 0.5) is 5.82 Å². The number of aromatic nitrogens is 4. The van der Waals surface area contributed by atoms with Gasteiger partial charge in [0.2, 0.25) is 0 Å². The first-order valence-corrected chi connectivity index (χ1v) is 12.3. The summed E-state index contributed by atoms with van der Waals surface area (Å²) in [6.07, 6.45) is 5.13. The predicted octanol–water partition coefficient (Wildman–Crippen LogP) is 4.29. The van der Waals surface area contributed by atoms with E-state index >= 15 is 0 Å². The van der Waals surface area contributed by atoms with E-state index in [4.69, 9.17) is 9.36 Å². The van der Waals surface area contributed by atoms with Gasteiger partial charge in [-0.1, -0.05) is 19.1 Å². The number of benzene rings is 1. The molecule has 0 bridgehead atoms. The highest BCUT2D eigenvalue weighted by Crippen LogP contribution is 2.40. The zero-order valence-corrected chi connectivity index (χ0v) is 19.0. The molecular formula is C24H26N6OS. The quantitative estimate of drug-likeness (QED) is 0.457. The Labute approximate surface area is 190 Å². The lowest BCUT2D eigenvalue weighted by atomic mass is 10.1. The second-order valence-corrected chi connectivity index (χ2v) is 9.56. The van der Waals surface area contributed by atoms with E-state index in [2.05, 4.69) is 41.2 Å². The zero-order valence-electron chi connectivity index (χ0n) is 18.2. The number of rotatable bonds is 5. The molecule has 8 heteroatoms. The third kappa shape index (κ3) is 3.33. The fourth-order valence-electron chi connectivity index (χ4n) is 4.60. The number of nitrogens with zero attached hydrogens (tertiary/aromatic N) is 6. The average Bonchev–Trinajstić information content (AvgIpc) is 3.48. The van der Waals surface area contributed by atoms with Gasteiger partial charge in [-0.05, 0) is 49.0 Å². The van der Waals surface area contributed by atoms with E-state index in [-0.39, 0.29) is 5.91 Å². The van der Waals surface area contributed by atoms with Crippen molar-refractivity contribution in [3.63, 3.8) is 0 Å². The van der Waals surface area contributed by atoms with Crippen molar-refractivity contribution >= 4 is 44.4 Å². The maximum absolute atomic E-state index is 13.6. The van der Waals surface area contributed by atoms with Gasteiger partial charge >= 0.3 is 0 Å². The second kappa shape index (κ2) is 7.85. The molecule has 6 rings (SSSR count). The number of carbonyl (C=O) groups is 1. The van der Waals surface area contributed by atoms with Crippen LogP contribution in [0.15, 0.2) is 36.5 Å². The van der Waals surface area contributed by atoms with Gasteiger partial charge in [-0.3, -0.25) is 4.79 Å². The molecule has 1 saturated carbocycles. The van der Waals surface area contributed by atoms with Crippen LogP contribution in [0.25, 0.3) is 21.1 Å². The molecule has 1 aromatic carbocycles. The molecule has 1 aliphatic heterocycles. The van der Waals surface area contributed by atoms with Gasteiger partial charge in [0.05, 0.1) is 21.8 Å². The van der Waals surface area contributed by atoms with Crippen molar-refractivity contribution in [1.29, 1.82) is 0 Å². The van der Waals surface area contributed by atoms with Gasteiger partial charge in [-0.2, -0.15) is 9.47 Å². The number of anilines is 1. The maximum Gasteiger partial charge on any atom is 0.254 e. The van der Waals surface area contributed by atoms with E-state index in [0.29, 0.717) is 19.0 Å². The Morgan fingerprint density at radius 2 is 1.94 bits per heavy atom. The van der Waals surface area contributed by atoms with Crippen molar-refractivity contribution in [1.82, 2.24) is 24.0 Å². The van der Waals surface area contributed by atoms with Crippen molar-refractivity contribution < 1.29 is 4.79 Å². The van der Waals surface area contributed by atoms with Crippen LogP contribution in [0, 0.1) is 0 Å². The number of amides is 1. The Morgan fingerprint density at radius 3 is 2.72 bits per heavy atom. The van der Waals surface area contributed by atoms with E-state index in [1.165, 1.54) is 10.1 Å². The molecule has 1 amide bonds. The van der Waals surface area contributed by atoms with Crippen LogP contribution in [-0.4, -0.2) is 56.1 Å². The number of piperazine rings is 1. The molecule has 2 aliphatic rings. The van der Waals surface area contributed by atoms with E-state index in [1.54, 1.807) is 11.5 Å². The summed E-state index contributed by atoms with van der Waals surface area (Å²) in [6.45, 7) is 5.91. The number of carbonyl (C=O) groups excluding carboxylic acids is 1. The Kier molecular flexibility index (Phi) is 4.82. The maximum atomic E-state index is 13.6. The predicted molar refractivity (Wildman–Crippen MR) is 128 cm³/mol. The highest BCUT2D eigenvalue weighted by atomic mass is 32.1. The molecule has 0 spiro atoms. The minimum atomic E-state index is 0.0955. The van der Waals surface area contributed by atoms with Crippen LogP contribution in [0.2, 0.25) is 0 Å². The van der Waals surface area contributed by atoms with Crippen LogP contribution < -0.4 is 4.90 Å². The molecule has 164 valence electrons. The Bertz CT molecular complexity index is 1300. The molecule has 0 unspecified atom stereocenters. The molecular weight excluding hydrogens is 420 g/mol. The topological polar surface area (TPSA) is 67.2 Å². The van der Waals surface area contributed by atoms with Gasteiger partial charge in [0.15, 0.2) is 5.65 Å². The van der Waals surface area contributed by atoms with E-state index in [9.17, 15) is 4.79 Å². The molecule has 3 aromatic heterocycles. The lowest BCUT2D eigenvalue weighted by molar-refractivity contribution is 0.0748. The smallest absolute Gasteiger partial charge is 0.254 e. The summed E-state index contributed by atoms with van der Waals surface area (Å²) in [6, 6.07) is 10.4. The first kappa shape index (κ1) is 19.7. The van der Waals surface area contributed by atoms with E-state index in [0.717, 1.165) is 67.0 Å². The van der Waals surface area contributed by atoms with Gasteiger partial charge in [0, 0.05) is 49.7 Å². The molecule has 2 fully saturated rings. The number of hydrogen-bond acceptors (Lipinski definition) is 6. The van der Waals surface area contributed by atoms with Crippen molar-refractivity contribution in [2.24, 2.45) is 0 Å². The van der Waals surface area contributed by atoms with Gasteiger partial charge < -0.3 is 9.80 Å². The summed E-state index contributed by atoms with van der Waals surface area (Å²) in [5.74, 6) is 1.63. The fraction of sp³-hybridized carbons (Fsp3) is 0.417. The molecule has 0 radical (unpaired) electrons. The lowest BCUT2D eigenvalue weighted by Gasteiger charge is -2.35. The monoisotopic (exact) mass is 446 g/mol. The molecule has 1 aliphatic carbocycles. The van der Waals surface area contributed by atoms with Crippen LogP contribution in [-0.2, 0) is 6.54 Å². The summed E-state index contributed by atoms with van der Waals surface area (Å²) in [4.78, 5) is 22.8. The Hall–Kier alpha value is -3.00. The number of pyridine rings is 1. The van der Waals surface area contributed by atoms with E-state index < -0.39 is 0 Å². The third-order valence-corrected chi connectivity index (χ3v) is 7.33. The molecule has 4 heterocycles. The molecule has 0 N–H and O–H groups in total. The fourth-order valence-corrected chi connectivity index (χ4v) is 5.40. The molecule has 0 atom stereocenters. The van der Waals surface area contributed by atoms with Gasteiger partial charge in [0.1, 0.15) is 5.82 Å². The van der Waals surface area contributed by atoms with Crippen molar-refractivity contribution in [2.75, 3.05) is 31.1 Å². The summed E-state index contributed by atoms with van der Waals surface area (Å²) in [5, 5.41) is 6.61. The molecule has 1 saturated heterocycles. The number of aryl methyl sites for hydroxylation is 1. The van der Waals surface area contributed by atoms with Crippen LogP contribution in [0.3, 0.4) is 0 Å². The molecule has 7 nitrogen and oxygen atoms in total. The Balaban J connectivity index is 1.26. The normalized spacial score (nSPS) is 16.9. The van der Waals surface area contributed by atoms with Crippen molar-refractivity contribution in [3.05, 3.63) is 47.8 Å². The largest absolute Gasteiger partial charge is 0.352 e. The first-order valence-electron chi connectivity index (χ1n) is 11.5. The third-order valence-electron chi connectivity index (χ3n) is 6.52. The van der Waals surface area contributed by atoms with Crippen molar-refractivity contribution in [2.45, 2.75) is 38.6 Å². The average molecular weight is 447 g/mol. The second-order valence-electron chi connectivity index (χ2n) is 8.76.